The van der Waals surface area contributed by atoms with Crippen LogP contribution in [-0.4, -0.2) is 25.0 Å². The van der Waals surface area contributed by atoms with E-state index in [-0.39, 0.29) is 18.4 Å². The van der Waals surface area contributed by atoms with Crippen molar-refractivity contribution in [3.05, 3.63) is 45.6 Å². The van der Waals surface area contributed by atoms with Gasteiger partial charge in [0.2, 0.25) is 0 Å². The molecule has 122 valence electrons. The highest BCUT2D eigenvalue weighted by Gasteiger charge is 2.10. The largest absolute Gasteiger partial charge is 0.484 e. The van der Waals surface area contributed by atoms with E-state index in [4.69, 9.17) is 4.74 Å². The number of likely N-dealkylation sites (N-methyl/N-ethyl adjacent to an activating group) is 1. The average Bonchev–Trinajstić information content (AvgIpc) is 2.86. The van der Waals surface area contributed by atoms with E-state index in [9.17, 15) is 9.59 Å². The number of carbonyl (C=O) groups excluding carboxylic acids is 2. The Morgan fingerprint density at radius 1 is 1.17 bits per heavy atom. The lowest BCUT2D eigenvalue weighted by Gasteiger charge is -2.08. The summed E-state index contributed by atoms with van der Waals surface area (Å²) in [6.07, 6.45) is 0. The Kier molecular flexibility index (Phi) is 5.76. The molecule has 0 saturated heterocycles. The Labute approximate surface area is 139 Å². The quantitative estimate of drug-likeness (QED) is 0.854. The molecule has 0 fully saturated rings. The van der Waals surface area contributed by atoms with Crippen LogP contribution >= 0.6 is 11.3 Å². The summed E-state index contributed by atoms with van der Waals surface area (Å²) < 4.78 is 5.36. The van der Waals surface area contributed by atoms with Crippen LogP contribution < -0.4 is 15.4 Å². The fraction of sp³-hybridized carbons (Fsp3) is 0.294. The van der Waals surface area contributed by atoms with Crippen molar-refractivity contribution in [3.63, 3.8) is 0 Å². The van der Waals surface area contributed by atoms with Crippen LogP contribution in [0.3, 0.4) is 0 Å². The van der Waals surface area contributed by atoms with Crippen LogP contribution in [0.25, 0.3) is 0 Å². The monoisotopic (exact) mass is 332 g/mol. The number of benzene rings is 1. The molecule has 0 aliphatic rings. The molecular weight excluding hydrogens is 312 g/mol. The minimum Gasteiger partial charge on any atom is -0.484 e. The molecule has 2 N–H and O–H groups in total. The van der Waals surface area contributed by atoms with Crippen LogP contribution in [0.4, 0.5) is 5.69 Å². The molecule has 0 saturated carbocycles. The Balaban J connectivity index is 1.92. The molecule has 0 unspecified atom stereocenters. The molecule has 0 aliphatic heterocycles. The third kappa shape index (κ3) is 4.82. The summed E-state index contributed by atoms with van der Waals surface area (Å²) in [5.74, 6) is 0.299. The molecule has 0 bridgehead atoms. The van der Waals surface area contributed by atoms with Gasteiger partial charge in [-0.2, -0.15) is 0 Å². The number of rotatable bonds is 6. The van der Waals surface area contributed by atoms with Crippen LogP contribution in [0.5, 0.6) is 5.75 Å². The number of hydrogen-bond acceptors (Lipinski definition) is 4. The third-order valence-corrected chi connectivity index (χ3v) is 4.40. The number of thiophene rings is 1. The first kappa shape index (κ1) is 17.0. The van der Waals surface area contributed by atoms with E-state index in [0.29, 0.717) is 22.9 Å². The van der Waals surface area contributed by atoms with Gasteiger partial charge in [0.15, 0.2) is 6.61 Å². The van der Waals surface area contributed by atoms with Crippen molar-refractivity contribution in [3.8, 4) is 5.75 Å². The molecule has 23 heavy (non-hydrogen) atoms. The summed E-state index contributed by atoms with van der Waals surface area (Å²) in [6.45, 7) is 6.40. The van der Waals surface area contributed by atoms with Gasteiger partial charge < -0.3 is 15.4 Å². The number of anilines is 1. The standard InChI is InChI=1S/C17H20N2O3S/c1-4-18-16(20)10-22-14-7-5-13(6-8-14)19-17(21)15-9-11(2)12(3)23-15/h5-9H,4,10H2,1-3H3,(H,18,20)(H,19,21). The Bertz CT molecular complexity index is 673. The predicted octanol–water partition coefficient (Wildman–Crippen LogP) is 3.13. The summed E-state index contributed by atoms with van der Waals surface area (Å²) in [7, 11) is 0. The van der Waals surface area contributed by atoms with Crippen LogP contribution in [0.15, 0.2) is 30.3 Å². The maximum Gasteiger partial charge on any atom is 0.265 e. The van der Waals surface area contributed by atoms with E-state index in [1.54, 1.807) is 24.3 Å². The zero-order valence-electron chi connectivity index (χ0n) is 13.4. The van der Waals surface area contributed by atoms with Crippen molar-refractivity contribution in [1.29, 1.82) is 0 Å². The second-order valence-electron chi connectivity index (χ2n) is 5.07. The van der Waals surface area contributed by atoms with Gasteiger partial charge >= 0.3 is 0 Å². The van der Waals surface area contributed by atoms with Gasteiger partial charge in [-0.05, 0) is 56.7 Å². The van der Waals surface area contributed by atoms with Gasteiger partial charge in [0.05, 0.1) is 4.88 Å². The second kappa shape index (κ2) is 7.78. The maximum atomic E-state index is 12.2. The molecule has 1 aromatic carbocycles. The molecule has 0 aliphatic carbocycles. The van der Waals surface area contributed by atoms with Crippen molar-refractivity contribution in [2.24, 2.45) is 0 Å². The maximum absolute atomic E-state index is 12.2. The molecule has 0 atom stereocenters. The lowest BCUT2D eigenvalue weighted by molar-refractivity contribution is -0.122. The van der Waals surface area contributed by atoms with E-state index in [0.717, 1.165) is 10.4 Å². The van der Waals surface area contributed by atoms with Gasteiger partial charge in [-0.3, -0.25) is 9.59 Å². The number of aryl methyl sites for hydroxylation is 2. The van der Waals surface area contributed by atoms with Crippen molar-refractivity contribution < 1.29 is 14.3 Å². The molecule has 1 heterocycles. The Hall–Kier alpha value is -2.34. The van der Waals surface area contributed by atoms with E-state index in [2.05, 4.69) is 10.6 Å². The molecule has 0 spiro atoms. The minimum atomic E-state index is -0.159. The summed E-state index contributed by atoms with van der Waals surface area (Å²) in [5, 5.41) is 5.51. The zero-order chi connectivity index (χ0) is 16.8. The summed E-state index contributed by atoms with van der Waals surface area (Å²) in [6, 6.07) is 8.83. The molecular formula is C17H20N2O3S. The van der Waals surface area contributed by atoms with Gasteiger partial charge in [0.25, 0.3) is 11.8 Å². The SMILES string of the molecule is CCNC(=O)COc1ccc(NC(=O)c2cc(C)c(C)s2)cc1. The average molecular weight is 332 g/mol. The highest BCUT2D eigenvalue weighted by molar-refractivity contribution is 7.14. The van der Waals surface area contributed by atoms with E-state index in [1.807, 2.05) is 26.8 Å². The van der Waals surface area contributed by atoms with Crippen LogP contribution in [0.2, 0.25) is 0 Å². The molecule has 5 nitrogen and oxygen atoms in total. The van der Waals surface area contributed by atoms with E-state index in [1.165, 1.54) is 11.3 Å². The molecule has 6 heteroatoms. The van der Waals surface area contributed by atoms with Crippen molar-refractivity contribution in [2.45, 2.75) is 20.8 Å². The highest BCUT2D eigenvalue weighted by atomic mass is 32.1. The molecule has 2 rings (SSSR count). The Morgan fingerprint density at radius 2 is 1.87 bits per heavy atom. The first-order chi connectivity index (χ1) is 11.0. The number of carbonyl (C=O) groups is 2. The number of nitrogens with one attached hydrogen (secondary N) is 2. The minimum absolute atomic E-state index is 0.0205. The molecule has 1 aromatic heterocycles. The molecule has 2 aromatic rings. The first-order valence-corrected chi connectivity index (χ1v) is 8.19. The first-order valence-electron chi connectivity index (χ1n) is 7.37. The number of amides is 2. The topological polar surface area (TPSA) is 67.4 Å². The fourth-order valence-corrected chi connectivity index (χ4v) is 2.84. The smallest absolute Gasteiger partial charge is 0.265 e. The lowest BCUT2D eigenvalue weighted by Crippen LogP contribution is -2.28. The summed E-state index contributed by atoms with van der Waals surface area (Å²) in [4.78, 5) is 25.3. The number of hydrogen-bond donors (Lipinski definition) is 2. The third-order valence-electron chi connectivity index (χ3n) is 3.25. The number of ether oxygens (including phenoxy) is 1. The van der Waals surface area contributed by atoms with Gasteiger partial charge in [0.1, 0.15) is 5.75 Å². The van der Waals surface area contributed by atoms with E-state index >= 15 is 0 Å². The van der Waals surface area contributed by atoms with Gasteiger partial charge in [-0.1, -0.05) is 0 Å². The molecule has 0 radical (unpaired) electrons. The fourth-order valence-electron chi connectivity index (χ4n) is 1.91. The lowest BCUT2D eigenvalue weighted by atomic mass is 10.2. The normalized spacial score (nSPS) is 10.2. The highest BCUT2D eigenvalue weighted by Crippen LogP contribution is 2.22. The summed E-state index contributed by atoms with van der Waals surface area (Å²) in [5.41, 5.74) is 1.80. The Morgan fingerprint density at radius 3 is 2.43 bits per heavy atom. The summed E-state index contributed by atoms with van der Waals surface area (Å²) >= 11 is 1.48. The van der Waals surface area contributed by atoms with Crippen LogP contribution in [-0.2, 0) is 4.79 Å². The predicted molar refractivity (Wildman–Crippen MR) is 92.4 cm³/mol. The van der Waals surface area contributed by atoms with Crippen LogP contribution in [0.1, 0.15) is 27.0 Å². The van der Waals surface area contributed by atoms with Gasteiger partial charge in [-0.15, -0.1) is 11.3 Å². The van der Waals surface area contributed by atoms with Crippen LogP contribution in [0, 0.1) is 13.8 Å². The van der Waals surface area contributed by atoms with Crippen molar-refractivity contribution in [1.82, 2.24) is 5.32 Å². The van der Waals surface area contributed by atoms with Gasteiger partial charge in [-0.25, -0.2) is 0 Å². The second-order valence-corrected chi connectivity index (χ2v) is 6.33. The van der Waals surface area contributed by atoms with Crippen molar-refractivity contribution in [2.75, 3.05) is 18.5 Å². The van der Waals surface area contributed by atoms with E-state index < -0.39 is 0 Å². The zero-order valence-corrected chi connectivity index (χ0v) is 14.3. The van der Waals surface area contributed by atoms with Crippen molar-refractivity contribution >= 4 is 28.8 Å². The van der Waals surface area contributed by atoms with Gasteiger partial charge in [0, 0.05) is 17.1 Å². The molecule has 2 amide bonds.